The highest BCUT2D eigenvalue weighted by Gasteiger charge is 2.48. The van der Waals surface area contributed by atoms with Crippen LogP contribution in [-0.4, -0.2) is 16.9 Å². The van der Waals surface area contributed by atoms with Crippen LogP contribution in [0.2, 0.25) is 0 Å². The largest absolute Gasteiger partial charge is 0.342 e. The van der Waals surface area contributed by atoms with E-state index in [0.29, 0.717) is 0 Å². The van der Waals surface area contributed by atoms with Crippen molar-refractivity contribution in [2.45, 2.75) is 25.9 Å². The molecule has 1 heterocycles. The van der Waals surface area contributed by atoms with E-state index in [1.807, 2.05) is 31.2 Å². The predicted octanol–water partition coefficient (Wildman–Crippen LogP) is 1.45. The van der Waals surface area contributed by atoms with Crippen LogP contribution in [-0.2, 0) is 4.79 Å². The minimum atomic E-state index is -0.884. The first-order valence-corrected chi connectivity index (χ1v) is 5.51. The second-order valence-electron chi connectivity index (χ2n) is 4.46. The molecule has 1 amide bonds. The Morgan fingerprint density at radius 2 is 1.88 bits per heavy atom. The van der Waals surface area contributed by atoms with Crippen LogP contribution in [0.3, 0.4) is 0 Å². The zero-order chi connectivity index (χ0) is 12.6. The molecule has 1 aromatic rings. The minimum Gasteiger partial charge on any atom is -0.342 e. The Kier molecular flexibility index (Phi) is 2.83. The lowest BCUT2D eigenvalue weighted by molar-refractivity contribution is -0.530. The van der Waals surface area contributed by atoms with Gasteiger partial charge in [-0.15, -0.1) is 0 Å². The average Bonchev–Trinajstić information content (AvgIpc) is 2.56. The van der Waals surface area contributed by atoms with E-state index < -0.39 is 18.0 Å². The summed E-state index contributed by atoms with van der Waals surface area (Å²) >= 11 is 0. The van der Waals surface area contributed by atoms with Crippen molar-refractivity contribution in [3.63, 3.8) is 0 Å². The highest BCUT2D eigenvalue weighted by molar-refractivity contribution is 5.82. The normalized spacial score (nSPS) is 27.9. The summed E-state index contributed by atoms with van der Waals surface area (Å²) in [5, 5.41) is 13.7. The van der Waals surface area contributed by atoms with E-state index in [4.69, 9.17) is 0 Å². The number of rotatable bonds is 2. The Balaban J connectivity index is 2.34. The molecule has 0 aliphatic carbocycles. The van der Waals surface area contributed by atoms with E-state index in [1.165, 1.54) is 0 Å². The highest BCUT2D eigenvalue weighted by atomic mass is 16.6. The van der Waals surface area contributed by atoms with E-state index in [9.17, 15) is 14.9 Å². The van der Waals surface area contributed by atoms with Gasteiger partial charge >= 0.3 is 0 Å². The quantitative estimate of drug-likeness (QED) is 0.621. The number of hydrogen-bond acceptors (Lipinski definition) is 3. The van der Waals surface area contributed by atoms with Crippen molar-refractivity contribution in [1.29, 1.82) is 0 Å². The summed E-state index contributed by atoms with van der Waals surface area (Å²) in [4.78, 5) is 22.2. The van der Waals surface area contributed by atoms with Gasteiger partial charge in [-0.25, -0.2) is 0 Å². The Morgan fingerprint density at radius 1 is 1.29 bits per heavy atom. The van der Waals surface area contributed by atoms with Crippen LogP contribution >= 0.6 is 0 Å². The number of benzene rings is 1. The maximum absolute atomic E-state index is 11.5. The minimum absolute atomic E-state index is 0.253. The third kappa shape index (κ3) is 2.00. The standard InChI is InChI=1S/C12H14N2O3/c1-7-3-5-9(6-4-7)10-11(14(16)17)8(2)12(15)13-10/h3-6,8,10-11H,1-2H3,(H,13,15)/t8-,10+,11-/m0/s1. The summed E-state index contributed by atoms with van der Waals surface area (Å²) in [6.07, 6.45) is 0. The molecule has 0 unspecified atom stereocenters. The van der Waals surface area contributed by atoms with Gasteiger partial charge in [0.15, 0.2) is 0 Å². The third-order valence-electron chi connectivity index (χ3n) is 3.25. The first kappa shape index (κ1) is 11.6. The number of carbonyl (C=O) groups excluding carboxylic acids is 1. The smallest absolute Gasteiger partial charge is 0.248 e. The van der Waals surface area contributed by atoms with Gasteiger partial charge in [0, 0.05) is 4.92 Å². The summed E-state index contributed by atoms with van der Waals surface area (Å²) in [6, 6.07) is 6.03. The number of carbonyl (C=O) groups is 1. The van der Waals surface area contributed by atoms with Crippen LogP contribution in [0.5, 0.6) is 0 Å². The molecule has 5 heteroatoms. The lowest BCUT2D eigenvalue weighted by Gasteiger charge is -2.14. The molecule has 3 atom stereocenters. The van der Waals surface area contributed by atoms with E-state index in [-0.39, 0.29) is 10.8 Å². The number of aryl methyl sites for hydroxylation is 1. The summed E-state index contributed by atoms with van der Waals surface area (Å²) in [5.74, 6) is -0.839. The van der Waals surface area contributed by atoms with Crippen molar-refractivity contribution < 1.29 is 9.72 Å². The van der Waals surface area contributed by atoms with Crippen molar-refractivity contribution in [3.8, 4) is 0 Å². The van der Waals surface area contributed by atoms with Crippen molar-refractivity contribution in [3.05, 3.63) is 45.5 Å². The predicted molar refractivity (Wildman–Crippen MR) is 62.0 cm³/mol. The van der Waals surface area contributed by atoms with Gasteiger partial charge < -0.3 is 5.32 Å². The molecule has 1 fully saturated rings. The maximum atomic E-state index is 11.5. The molecule has 2 rings (SSSR count). The molecule has 17 heavy (non-hydrogen) atoms. The number of nitro groups is 1. The summed E-state index contributed by atoms with van der Waals surface area (Å²) < 4.78 is 0. The van der Waals surface area contributed by atoms with Gasteiger partial charge in [0.05, 0.1) is 0 Å². The highest BCUT2D eigenvalue weighted by Crippen LogP contribution is 2.30. The molecule has 0 aromatic heterocycles. The molecule has 1 aliphatic rings. The average molecular weight is 234 g/mol. The molecule has 1 N–H and O–H groups in total. The molecular formula is C12H14N2O3. The molecule has 0 spiro atoms. The molecular weight excluding hydrogens is 220 g/mol. The number of hydrogen-bond donors (Lipinski definition) is 1. The molecule has 1 aliphatic heterocycles. The number of amides is 1. The van der Waals surface area contributed by atoms with Crippen LogP contribution < -0.4 is 5.32 Å². The molecule has 0 bridgehead atoms. The fourth-order valence-electron chi connectivity index (χ4n) is 2.17. The fourth-order valence-corrected chi connectivity index (χ4v) is 2.17. The van der Waals surface area contributed by atoms with Crippen molar-refractivity contribution >= 4 is 5.91 Å². The van der Waals surface area contributed by atoms with E-state index >= 15 is 0 Å². The van der Waals surface area contributed by atoms with Gasteiger partial charge in [-0.3, -0.25) is 14.9 Å². The zero-order valence-corrected chi connectivity index (χ0v) is 9.71. The summed E-state index contributed by atoms with van der Waals surface area (Å²) in [5.41, 5.74) is 1.87. The summed E-state index contributed by atoms with van der Waals surface area (Å²) in [6.45, 7) is 3.54. The number of nitrogens with zero attached hydrogens (tertiary/aromatic N) is 1. The van der Waals surface area contributed by atoms with Gasteiger partial charge in [0.2, 0.25) is 11.9 Å². The Hall–Kier alpha value is -1.91. The molecule has 1 aromatic carbocycles. The topological polar surface area (TPSA) is 72.2 Å². The van der Waals surface area contributed by atoms with Crippen molar-refractivity contribution in [1.82, 2.24) is 5.32 Å². The van der Waals surface area contributed by atoms with E-state index in [1.54, 1.807) is 6.92 Å². The van der Waals surface area contributed by atoms with Crippen molar-refractivity contribution in [2.75, 3.05) is 0 Å². The van der Waals surface area contributed by atoms with Crippen molar-refractivity contribution in [2.24, 2.45) is 5.92 Å². The lowest BCUT2D eigenvalue weighted by atomic mass is 9.95. The van der Waals surface area contributed by atoms with Gasteiger partial charge in [0.1, 0.15) is 12.0 Å². The fraction of sp³-hybridized carbons (Fsp3) is 0.417. The molecule has 5 nitrogen and oxygen atoms in total. The van der Waals surface area contributed by atoms with Crippen LogP contribution in [0.15, 0.2) is 24.3 Å². The van der Waals surface area contributed by atoms with Crippen LogP contribution in [0, 0.1) is 23.0 Å². The second kappa shape index (κ2) is 4.16. The Labute approximate surface area is 99.0 Å². The van der Waals surface area contributed by atoms with E-state index in [0.717, 1.165) is 11.1 Å². The van der Waals surface area contributed by atoms with Crippen LogP contribution in [0.4, 0.5) is 0 Å². The maximum Gasteiger partial charge on any atom is 0.248 e. The van der Waals surface area contributed by atoms with Gasteiger partial charge in [-0.05, 0) is 19.4 Å². The number of nitrogens with one attached hydrogen (secondary N) is 1. The second-order valence-corrected chi connectivity index (χ2v) is 4.46. The Morgan fingerprint density at radius 3 is 2.41 bits per heavy atom. The van der Waals surface area contributed by atoms with Gasteiger partial charge in [-0.1, -0.05) is 29.8 Å². The van der Waals surface area contributed by atoms with E-state index in [2.05, 4.69) is 5.32 Å². The first-order valence-electron chi connectivity index (χ1n) is 5.51. The first-order chi connectivity index (χ1) is 8.00. The third-order valence-corrected chi connectivity index (χ3v) is 3.25. The monoisotopic (exact) mass is 234 g/mol. The van der Waals surface area contributed by atoms with Gasteiger partial charge in [-0.2, -0.15) is 0 Å². The van der Waals surface area contributed by atoms with Crippen LogP contribution in [0.25, 0.3) is 0 Å². The Bertz CT molecular complexity index is 455. The summed E-state index contributed by atoms with van der Waals surface area (Å²) in [7, 11) is 0. The molecule has 90 valence electrons. The molecule has 1 saturated heterocycles. The SMILES string of the molecule is Cc1ccc([C@H]2NC(=O)[C@@H](C)[C@@H]2[N+](=O)[O-])cc1. The van der Waals surface area contributed by atoms with Gasteiger partial charge in [0.25, 0.3) is 0 Å². The lowest BCUT2D eigenvalue weighted by Crippen LogP contribution is -2.30. The zero-order valence-electron chi connectivity index (χ0n) is 9.71. The van der Waals surface area contributed by atoms with Crippen LogP contribution in [0.1, 0.15) is 24.1 Å². The molecule has 0 radical (unpaired) electrons. The molecule has 0 saturated carbocycles.